The zero-order valence-corrected chi connectivity index (χ0v) is 14.5. The van der Waals surface area contributed by atoms with E-state index in [0.717, 1.165) is 0 Å². The predicted molar refractivity (Wildman–Crippen MR) is 100 cm³/mol. The standard InChI is InChI=1S/C18H17ClFN5O/c19-12-5-3-6-13(20)17(12)24-16-11-15(14-7-1-2-8-21-14)23-18(25-16)22-9-4-10-26/h1-3,5-8,11,26H,4,9-10H2,(H2,22,23,24,25). The van der Waals surface area contributed by atoms with Gasteiger partial charge in [-0.25, -0.2) is 9.37 Å². The molecule has 3 rings (SSSR count). The molecular weight excluding hydrogens is 357 g/mol. The van der Waals surface area contributed by atoms with E-state index in [-0.39, 0.29) is 17.3 Å². The number of benzene rings is 1. The molecule has 0 aliphatic rings. The first-order valence-corrected chi connectivity index (χ1v) is 8.41. The number of aliphatic hydroxyl groups is 1. The topological polar surface area (TPSA) is 83.0 Å². The Morgan fingerprint density at radius 1 is 1.08 bits per heavy atom. The summed E-state index contributed by atoms with van der Waals surface area (Å²) >= 11 is 6.08. The van der Waals surface area contributed by atoms with Crippen molar-refractivity contribution in [3.8, 4) is 11.4 Å². The molecule has 134 valence electrons. The van der Waals surface area contributed by atoms with Crippen LogP contribution in [-0.2, 0) is 0 Å². The fourth-order valence-electron chi connectivity index (χ4n) is 2.26. The maximum absolute atomic E-state index is 14.1. The number of halogens is 2. The van der Waals surface area contributed by atoms with Gasteiger partial charge >= 0.3 is 0 Å². The number of pyridine rings is 1. The van der Waals surface area contributed by atoms with Crippen molar-refractivity contribution in [3.63, 3.8) is 0 Å². The van der Waals surface area contributed by atoms with Crippen LogP contribution in [0.4, 0.5) is 21.8 Å². The van der Waals surface area contributed by atoms with Crippen molar-refractivity contribution in [1.29, 1.82) is 0 Å². The highest BCUT2D eigenvalue weighted by Crippen LogP contribution is 2.29. The zero-order chi connectivity index (χ0) is 18.4. The molecular formula is C18H17ClFN5O. The van der Waals surface area contributed by atoms with Gasteiger partial charge in [0.25, 0.3) is 0 Å². The summed E-state index contributed by atoms with van der Waals surface area (Å²) in [4.78, 5) is 13.1. The summed E-state index contributed by atoms with van der Waals surface area (Å²) < 4.78 is 14.1. The monoisotopic (exact) mass is 373 g/mol. The molecule has 3 N–H and O–H groups in total. The minimum Gasteiger partial charge on any atom is -0.396 e. The number of aliphatic hydroxyl groups excluding tert-OH is 1. The molecule has 26 heavy (non-hydrogen) atoms. The number of anilines is 3. The van der Waals surface area contributed by atoms with Crippen LogP contribution in [0.2, 0.25) is 5.02 Å². The number of para-hydroxylation sites is 1. The van der Waals surface area contributed by atoms with Crippen LogP contribution in [0, 0.1) is 5.82 Å². The number of rotatable bonds is 7. The molecule has 0 unspecified atom stereocenters. The number of nitrogens with one attached hydrogen (secondary N) is 2. The van der Waals surface area contributed by atoms with E-state index in [9.17, 15) is 4.39 Å². The molecule has 0 atom stereocenters. The Morgan fingerprint density at radius 3 is 2.69 bits per heavy atom. The maximum atomic E-state index is 14.1. The average Bonchev–Trinajstić information content (AvgIpc) is 2.66. The third-order valence-corrected chi connectivity index (χ3v) is 3.80. The molecule has 0 aliphatic carbocycles. The SMILES string of the molecule is OCCCNc1nc(Nc2c(F)cccc2Cl)cc(-c2ccccn2)n1. The lowest BCUT2D eigenvalue weighted by Crippen LogP contribution is -2.09. The first-order chi connectivity index (χ1) is 12.7. The lowest BCUT2D eigenvalue weighted by Gasteiger charge is -2.12. The van der Waals surface area contributed by atoms with Gasteiger partial charge in [-0.15, -0.1) is 0 Å². The van der Waals surface area contributed by atoms with Crippen molar-refractivity contribution >= 4 is 29.1 Å². The number of aromatic nitrogens is 3. The van der Waals surface area contributed by atoms with Crippen molar-refractivity contribution in [3.05, 3.63) is 59.5 Å². The summed E-state index contributed by atoms with van der Waals surface area (Å²) in [5.41, 5.74) is 1.37. The van der Waals surface area contributed by atoms with Gasteiger partial charge in [-0.2, -0.15) is 4.98 Å². The number of nitrogens with zero attached hydrogens (tertiary/aromatic N) is 3. The van der Waals surface area contributed by atoms with Crippen molar-refractivity contribution in [1.82, 2.24) is 15.0 Å². The van der Waals surface area contributed by atoms with Crippen LogP contribution in [-0.4, -0.2) is 33.2 Å². The van der Waals surface area contributed by atoms with Gasteiger partial charge in [-0.1, -0.05) is 23.7 Å². The Balaban J connectivity index is 1.96. The zero-order valence-electron chi connectivity index (χ0n) is 13.8. The van der Waals surface area contributed by atoms with E-state index in [0.29, 0.717) is 36.1 Å². The molecule has 0 amide bonds. The molecule has 0 spiro atoms. The normalized spacial score (nSPS) is 10.6. The average molecular weight is 374 g/mol. The molecule has 0 fully saturated rings. The quantitative estimate of drug-likeness (QED) is 0.545. The van der Waals surface area contributed by atoms with Gasteiger partial charge in [-0.05, 0) is 30.7 Å². The summed E-state index contributed by atoms with van der Waals surface area (Å²) in [6.45, 7) is 0.560. The van der Waals surface area contributed by atoms with Gasteiger partial charge in [0, 0.05) is 25.4 Å². The summed E-state index contributed by atoms with van der Waals surface area (Å²) in [6, 6.07) is 11.6. The molecule has 0 radical (unpaired) electrons. The van der Waals surface area contributed by atoms with Crippen LogP contribution < -0.4 is 10.6 Å². The van der Waals surface area contributed by atoms with Gasteiger partial charge in [-0.3, -0.25) is 4.98 Å². The van der Waals surface area contributed by atoms with E-state index in [1.165, 1.54) is 12.1 Å². The minimum atomic E-state index is -0.481. The van der Waals surface area contributed by atoms with Crippen LogP contribution in [0.15, 0.2) is 48.7 Å². The molecule has 2 aromatic heterocycles. The van der Waals surface area contributed by atoms with Crippen molar-refractivity contribution in [2.45, 2.75) is 6.42 Å². The van der Waals surface area contributed by atoms with Crippen LogP contribution in [0.3, 0.4) is 0 Å². The van der Waals surface area contributed by atoms with Crippen LogP contribution >= 0.6 is 11.6 Å². The second kappa shape index (κ2) is 8.55. The molecule has 8 heteroatoms. The van der Waals surface area contributed by atoms with Gasteiger partial charge in [0.2, 0.25) is 5.95 Å². The molecule has 0 saturated heterocycles. The van der Waals surface area contributed by atoms with Crippen molar-refractivity contribution < 1.29 is 9.50 Å². The van der Waals surface area contributed by atoms with Crippen molar-refractivity contribution in [2.24, 2.45) is 0 Å². The van der Waals surface area contributed by atoms with Crippen LogP contribution in [0.1, 0.15) is 6.42 Å². The lowest BCUT2D eigenvalue weighted by molar-refractivity contribution is 0.292. The molecule has 6 nitrogen and oxygen atoms in total. The molecule has 0 saturated carbocycles. The third-order valence-electron chi connectivity index (χ3n) is 3.49. The minimum absolute atomic E-state index is 0.0584. The van der Waals surface area contributed by atoms with Gasteiger partial charge in [0.1, 0.15) is 11.6 Å². The molecule has 1 aromatic carbocycles. The first kappa shape index (κ1) is 18.0. The summed E-state index contributed by atoms with van der Waals surface area (Å²) in [5.74, 6) is 0.237. The molecule has 0 aliphatic heterocycles. The number of hydrogen-bond donors (Lipinski definition) is 3. The third kappa shape index (κ3) is 4.44. The second-order valence-electron chi connectivity index (χ2n) is 5.40. The number of hydrogen-bond acceptors (Lipinski definition) is 6. The van der Waals surface area contributed by atoms with E-state index in [1.807, 2.05) is 18.2 Å². The fraction of sp³-hybridized carbons (Fsp3) is 0.167. The van der Waals surface area contributed by atoms with E-state index >= 15 is 0 Å². The Kier molecular flexibility index (Phi) is 5.93. The predicted octanol–water partition coefficient (Wildman–Crippen LogP) is 3.87. The highest BCUT2D eigenvalue weighted by atomic mass is 35.5. The van der Waals surface area contributed by atoms with E-state index in [2.05, 4.69) is 25.6 Å². The maximum Gasteiger partial charge on any atom is 0.225 e. The molecule has 0 bridgehead atoms. The fourth-order valence-corrected chi connectivity index (χ4v) is 2.47. The van der Waals surface area contributed by atoms with E-state index in [4.69, 9.17) is 16.7 Å². The smallest absolute Gasteiger partial charge is 0.225 e. The van der Waals surface area contributed by atoms with Crippen LogP contribution in [0.25, 0.3) is 11.4 Å². The Labute approximate surface area is 155 Å². The van der Waals surface area contributed by atoms with Gasteiger partial charge < -0.3 is 15.7 Å². The van der Waals surface area contributed by atoms with E-state index < -0.39 is 5.82 Å². The van der Waals surface area contributed by atoms with Gasteiger partial charge in [0.15, 0.2) is 0 Å². The lowest BCUT2D eigenvalue weighted by atomic mass is 10.2. The Bertz CT molecular complexity index is 858. The Hall–Kier alpha value is -2.77. The van der Waals surface area contributed by atoms with Crippen molar-refractivity contribution in [2.75, 3.05) is 23.8 Å². The summed E-state index contributed by atoms with van der Waals surface area (Å²) in [6.07, 6.45) is 2.22. The van der Waals surface area contributed by atoms with Gasteiger partial charge in [0.05, 0.1) is 22.1 Å². The molecule has 2 heterocycles. The second-order valence-corrected chi connectivity index (χ2v) is 5.81. The highest BCUT2D eigenvalue weighted by molar-refractivity contribution is 6.33. The summed E-state index contributed by atoms with van der Waals surface area (Å²) in [5, 5.41) is 15.1. The highest BCUT2D eigenvalue weighted by Gasteiger charge is 2.11. The largest absolute Gasteiger partial charge is 0.396 e. The first-order valence-electron chi connectivity index (χ1n) is 8.03. The van der Waals surface area contributed by atoms with Crippen LogP contribution in [0.5, 0.6) is 0 Å². The molecule has 3 aromatic rings. The Morgan fingerprint density at radius 2 is 1.96 bits per heavy atom. The van der Waals surface area contributed by atoms with E-state index in [1.54, 1.807) is 18.3 Å². The summed E-state index contributed by atoms with van der Waals surface area (Å²) in [7, 11) is 0.